The molecule has 0 N–H and O–H groups in total. The van der Waals surface area contributed by atoms with E-state index in [1.807, 2.05) is 18.2 Å². The highest BCUT2D eigenvalue weighted by atomic mass is 16.3. The largest absolute Gasteiger partial charge is 0.456 e. The molecule has 0 saturated heterocycles. The molecule has 0 saturated carbocycles. The maximum Gasteiger partial charge on any atom is 0.143 e. The Kier molecular flexibility index (Phi) is 13.9. The van der Waals surface area contributed by atoms with Crippen LogP contribution in [0.3, 0.4) is 0 Å². The molecule has 1 aliphatic carbocycles. The zero-order chi connectivity index (χ0) is 71.0. The summed E-state index contributed by atoms with van der Waals surface area (Å²) >= 11 is 0. The van der Waals surface area contributed by atoms with Crippen LogP contribution in [0.15, 0.2) is 401 Å². The van der Waals surface area contributed by atoms with E-state index in [0.29, 0.717) is 0 Å². The molecule has 4 aromatic heterocycles. The zero-order valence-corrected chi connectivity index (χ0v) is 58.6. The average molecular weight is 1380 g/mol. The van der Waals surface area contributed by atoms with Gasteiger partial charge in [0.05, 0.1) is 16.4 Å². The van der Waals surface area contributed by atoms with Gasteiger partial charge in [-0.05, 0) is 210 Å². The SMILES string of the molecule is c1ccc(C2(c3ccccc3)c3cc(-c4cccc(-c5cc(-c6ccc(-n7c8ccccc8c8ccccc87)cc6)cc(-c6ccc7oc8ccccc8c7c6)c5)c4)ccc3-c3ccc(N(c4ccc(-c5cccc6c5oc5ccccc56)cc4)c4ccc(-c5cccc6c5oc5ccccc56)cc4)cc32)cc1. The zero-order valence-electron chi connectivity index (χ0n) is 58.6. The lowest BCUT2D eigenvalue weighted by molar-refractivity contribution is 0.669. The summed E-state index contributed by atoms with van der Waals surface area (Å²) in [6, 6.07) is 142. The lowest BCUT2D eigenvalue weighted by Gasteiger charge is -2.35. The molecule has 0 atom stereocenters. The molecule has 504 valence electrons. The Morgan fingerprint density at radius 2 is 0.593 bits per heavy atom. The molecule has 0 unspecified atom stereocenters. The van der Waals surface area contributed by atoms with Gasteiger partial charge in [-0.1, -0.05) is 267 Å². The fraction of sp³-hybridized carbons (Fsp3) is 0.00971. The maximum atomic E-state index is 6.62. The van der Waals surface area contributed by atoms with Crippen LogP contribution >= 0.6 is 0 Å². The Hall–Kier alpha value is -14.3. The van der Waals surface area contributed by atoms with Gasteiger partial charge in [0.1, 0.15) is 33.5 Å². The summed E-state index contributed by atoms with van der Waals surface area (Å²) < 4.78 is 22.0. The van der Waals surface area contributed by atoms with Gasteiger partial charge < -0.3 is 22.7 Å². The second-order valence-corrected chi connectivity index (χ2v) is 28.6. The molecule has 5 nitrogen and oxygen atoms in total. The standard InChI is InChI=1S/C103H64N2O3/c1-3-22-75(23-4-1)103(76-24-5-2-6-25-76)93-63-71(68-20-17-21-69(58-68)73-59-72(60-74(61-73)70-47-57-100-92(62-70)89-30-11-14-37-97(89)106-100)65-40-48-79(49-41-65)105-95-35-12-7-26-85(95)86-27-8-13-36-96(86)105)46-55-83(93)84-56-54-80(64-94(84)103)104(77-50-42-66(43-51-77)81-31-18-33-90-87-28-9-15-38-98(87)107-101(81)90)78-52-44-67(45-53-78)82-32-19-34-91-88-29-10-16-39-99(88)108-102(82)91/h1-64H. The minimum absolute atomic E-state index is 0.742. The van der Waals surface area contributed by atoms with Gasteiger partial charge in [0, 0.05) is 77.0 Å². The molecule has 0 radical (unpaired) electrons. The Morgan fingerprint density at radius 3 is 1.16 bits per heavy atom. The lowest BCUT2D eigenvalue weighted by atomic mass is 9.67. The Bertz CT molecular complexity index is 6910. The Balaban J connectivity index is 0.682. The fourth-order valence-corrected chi connectivity index (χ4v) is 17.7. The quantitative estimate of drug-likeness (QED) is 0.122. The van der Waals surface area contributed by atoms with Crippen LogP contribution in [0, 0.1) is 0 Å². The van der Waals surface area contributed by atoms with Crippen LogP contribution in [0.5, 0.6) is 0 Å². The summed E-state index contributed by atoms with van der Waals surface area (Å²) in [5.74, 6) is 0. The highest BCUT2D eigenvalue weighted by Gasteiger charge is 2.47. The summed E-state index contributed by atoms with van der Waals surface area (Å²) in [5.41, 5.74) is 31.6. The van der Waals surface area contributed by atoms with Crippen molar-refractivity contribution in [2.75, 3.05) is 4.90 Å². The first kappa shape index (κ1) is 61.2. The number of rotatable bonds is 12. The van der Waals surface area contributed by atoms with E-state index in [0.717, 1.165) is 155 Å². The third kappa shape index (κ3) is 9.65. The first-order valence-electron chi connectivity index (χ1n) is 37.0. The van der Waals surface area contributed by atoms with Crippen molar-refractivity contribution in [3.63, 3.8) is 0 Å². The molecule has 21 aromatic rings. The van der Waals surface area contributed by atoms with Crippen molar-refractivity contribution in [1.29, 1.82) is 0 Å². The second-order valence-electron chi connectivity index (χ2n) is 28.6. The fourth-order valence-electron chi connectivity index (χ4n) is 17.7. The second kappa shape index (κ2) is 24.4. The number of nitrogens with zero attached hydrogens (tertiary/aromatic N) is 2. The molecule has 5 heteroatoms. The summed E-state index contributed by atoms with van der Waals surface area (Å²) in [6.07, 6.45) is 0. The normalized spacial score (nSPS) is 12.5. The molecule has 0 bridgehead atoms. The molecule has 0 fully saturated rings. The average Bonchev–Trinajstić information content (AvgIpc) is 1.52. The van der Waals surface area contributed by atoms with Crippen molar-refractivity contribution in [2.45, 2.75) is 5.41 Å². The number of benzene rings is 17. The number of furan rings is 3. The smallest absolute Gasteiger partial charge is 0.143 e. The Morgan fingerprint density at radius 1 is 0.213 bits per heavy atom. The summed E-state index contributed by atoms with van der Waals surface area (Å²) in [5, 5.41) is 9.13. The van der Waals surface area contributed by atoms with Gasteiger partial charge in [0.2, 0.25) is 0 Å². The number of hydrogen-bond acceptors (Lipinski definition) is 4. The lowest BCUT2D eigenvalue weighted by Crippen LogP contribution is -2.28. The number of anilines is 3. The molecule has 108 heavy (non-hydrogen) atoms. The van der Waals surface area contributed by atoms with E-state index in [1.54, 1.807) is 0 Å². The minimum atomic E-state index is -0.742. The van der Waals surface area contributed by atoms with Gasteiger partial charge in [-0.2, -0.15) is 0 Å². The van der Waals surface area contributed by atoms with E-state index in [-0.39, 0.29) is 0 Å². The molecule has 17 aromatic carbocycles. The van der Waals surface area contributed by atoms with Crippen LogP contribution in [0.1, 0.15) is 22.3 Å². The maximum absolute atomic E-state index is 6.62. The van der Waals surface area contributed by atoms with Crippen molar-refractivity contribution >= 4 is 105 Å². The van der Waals surface area contributed by atoms with Crippen molar-refractivity contribution in [3.05, 3.63) is 411 Å². The number of hydrogen-bond donors (Lipinski definition) is 0. The van der Waals surface area contributed by atoms with E-state index >= 15 is 0 Å². The summed E-state index contributed by atoms with van der Waals surface area (Å²) in [4.78, 5) is 2.41. The molecule has 22 rings (SSSR count). The molecular formula is C103H64N2O3. The van der Waals surface area contributed by atoms with Crippen LogP contribution in [0.4, 0.5) is 17.1 Å². The molecule has 0 aliphatic heterocycles. The molecule has 1 aliphatic rings. The summed E-state index contributed by atoms with van der Waals surface area (Å²) in [7, 11) is 0. The third-order valence-corrected chi connectivity index (χ3v) is 22.7. The van der Waals surface area contributed by atoms with Crippen LogP contribution < -0.4 is 4.90 Å². The first-order valence-corrected chi connectivity index (χ1v) is 37.0. The van der Waals surface area contributed by atoms with Gasteiger partial charge in [0.15, 0.2) is 0 Å². The number of para-hydroxylation sites is 7. The van der Waals surface area contributed by atoms with Crippen molar-refractivity contribution in [3.8, 4) is 83.6 Å². The van der Waals surface area contributed by atoms with Gasteiger partial charge in [-0.3, -0.25) is 0 Å². The van der Waals surface area contributed by atoms with Gasteiger partial charge in [-0.15, -0.1) is 0 Å². The predicted molar refractivity (Wildman–Crippen MR) is 447 cm³/mol. The molecular weight excluding hydrogens is 1310 g/mol. The topological polar surface area (TPSA) is 47.6 Å². The van der Waals surface area contributed by atoms with Crippen LogP contribution in [0.25, 0.3) is 171 Å². The van der Waals surface area contributed by atoms with Crippen LogP contribution in [0.2, 0.25) is 0 Å². The first-order chi connectivity index (χ1) is 53.5. The number of fused-ring (bicyclic) bond motifs is 15. The van der Waals surface area contributed by atoms with E-state index in [4.69, 9.17) is 13.3 Å². The van der Waals surface area contributed by atoms with Gasteiger partial charge in [0.25, 0.3) is 0 Å². The highest BCUT2D eigenvalue weighted by molar-refractivity contribution is 6.12. The predicted octanol–water partition coefficient (Wildman–Crippen LogP) is 28.3. The van der Waals surface area contributed by atoms with Crippen molar-refractivity contribution in [1.82, 2.24) is 4.57 Å². The third-order valence-electron chi connectivity index (χ3n) is 22.7. The van der Waals surface area contributed by atoms with Gasteiger partial charge in [-0.25, -0.2) is 0 Å². The van der Waals surface area contributed by atoms with Gasteiger partial charge >= 0.3 is 0 Å². The van der Waals surface area contributed by atoms with Crippen molar-refractivity contribution in [2.24, 2.45) is 0 Å². The molecule has 4 heterocycles. The molecule has 0 spiro atoms. The van der Waals surface area contributed by atoms with E-state index < -0.39 is 5.41 Å². The van der Waals surface area contributed by atoms with Crippen molar-refractivity contribution < 1.29 is 13.3 Å². The highest BCUT2D eigenvalue weighted by Crippen LogP contribution is 2.59. The number of aromatic nitrogens is 1. The Labute approximate surface area is 622 Å². The van der Waals surface area contributed by atoms with E-state index in [2.05, 4.69) is 380 Å². The van der Waals surface area contributed by atoms with E-state index in [9.17, 15) is 0 Å². The van der Waals surface area contributed by atoms with Crippen LogP contribution in [-0.4, -0.2) is 4.57 Å². The van der Waals surface area contributed by atoms with E-state index in [1.165, 1.54) is 55.2 Å². The summed E-state index contributed by atoms with van der Waals surface area (Å²) in [6.45, 7) is 0. The monoisotopic (exact) mass is 1380 g/mol. The molecule has 0 amide bonds. The van der Waals surface area contributed by atoms with Crippen LogP contribution in [-0.2, 0) is 5.41 Å². The minimum Gasteiger partial charge on any atom is -0.456 e.